The van der Waals surface area contributed by atoms with Crippen molar-refractivity contribution in [2.45, 2.75) is 32.7 Å². The summed E-state index contributed by atoms with van der Waals surface area (Å²) in [7, 11) is 5.70. The molecular weight excluding hydrogens is 294 g/mol. The van der Waals surface area contributed by atoms with Crippen LogP contribution < -0.4 is 4.90 Å². The van der Waals surface area contributed by atoms with Crippen LogP contribution in [0.5, 0.6) is 0 Å². The van der Waals surface area contributed by atoms with E-state index in [1.54, 1.807) is 4.90 Å². The number of anilines is 1. The highest BCUT2D eigenvalue weighted by Gasteiger charge is 2.35. The first-order chi connectivity index (χ1) is 10.9. The van der Waals surface area contributed by atoms with Gasteiger partial charge in [-0.25, -0.2) is 0 Å². The van der Waals surface area contributed by atoms with Gasteiger partial charge < -0.3 is 18.9 Å². The molecule has 0 bridgehead atoms. The summed E-state index contributed by atoms with van der Waals surface area (Å²) >= 11 is 0. The van der Waals surface area contributed by atoms with E-state index < -0.39 is 0 Å². The van der Waals surface area contributed by atoms with Crippen LogP contribution in [0.2, 0.25) is 0 Å². The van der Waals surface area contributed by atoms with Gasteiger partial charge in [0.2, 0.25) is 0 Å². The molecule has 0 aliphatic carbocycles. The number of aromatic nitrogens is 3. The van der Waals surface area contributed by atoms with E-state index in [1.807, 2.05) is 50.5 Å². The molecule has 1 saturated heterocycles. The molecule has 0 spiro atoms. The van der Waals surface area contributed by atoms with Crippen molar-refractivity contribution in [3.8, 4) is 0 Å². The van der Waals surface area contributed by atoms with E-state index in [-0.39, 0.29) is 11.9 Å². The molecule has 3 rings (SSSR count). The fourth-order valence-corrected chi connectivity index (χ4v) is 3.04. The van der Waals surface area contributed by atoms with Crippen molar-refractivity contribution in [2.24, 2.45) is 7.05 Å². The minimum absolute atomic E-state index is 0.0401. The number of carbonyl (C=O) groups is 1. The quantitative estimate of drug-likeness (QED) is 0.867. The van der Waals surface area contributed by atoms with Crippen LogP contribution in [0.4, 0.5) is 5.95 Å². The van der Waals surface area contributed by atoms with Crippen molar-refractivity contribution in [3.05, 3.63) is 28.9 Å². The third-order valence-corrected chi connectivity index (χ3v) is 4.64. The number of nitrogens with zero attached hydrogens (tertiary/aromatic N) is 5. The fourth-order valence-electron chi connectivity index (χ4n) is 3.04. The van der Waals surface area contributed by atoms with E-state index in [4.69, 9.17) is 4.52 Å². The first kappa shape index (κ1) is 15.6. The zero-order chi connectivity index (χ0) is 16.7. The largest absolute Gasteiger partial charge is 0.351 e. The van der Waals surface area contributed by atoms with Gasteiger partial charge in [-0.1, -0.05) is 0 Å². The van der Waals surface area contributed by atoms with Crippen molar-refractivity contribution in [1.29, 1.82) is 0 Å². The van der Waals surface area contributed by atoms with Gasteiger partial charge in [0.15, 0.2) is 0 Å². The van der Waals surface area contributed by atoms with Crippen molar-refractivity contribution < 1.29 is 9.32 Å². The van der Waals surface area contributed by atoms with E-state index >= 15 is 0 Å². The van der Waals surface area contributed by atoms with Gasteiger partial charge in [-0.3, -0.25) is 4.79 Å². The summed E-state index contributed by atoms with van der Waals surface area (Å²) in [4.78, 5) is 21.0. The number of carbonyl (C=O) groups excluding carboxylic acids is 1. The van der Waals surface area contributed by atoms with Crippen molar-refractivity contribution in [3.63, 3.8) is 0 Å². The molecule has 124 valence electrons. The smallest absolute Gasteiger partial charge is 0.265 e. The van der Waals surface area contributed by atoms with E-state index in [0.717, 1.165) is 36.3 Å². The standard InChI is InChI=1S/C16H23N5O2/c1-10-9-12(11(2)20(10)5)15(22)21-8-6-7-13(21)14-17-16(18-23-14)19(3)4/h9,13H,6-8H2,1-5H3. The summed E-state index contributed by atoms with van der Waals surface area (Å²) in [5, 5.41) is 3.96. The lowest BCUT2D eigenvalue weighted by atomic mass is 10.2. The SMILES string of the molecule is Cc1cc(C(=O)N2CCCC2c2nc(N(C)C)no2)c(C)n1C. The predicted octanol–water partition coefficient (Wildman–Crippen LogP) is 2.07. The minimum Gasteiger partial charge on any atom is -0.351 e. The average Bonchev–Trinajstić information content (AvgIpc) is 3.21. The zero-order valence-electron chi connectivity index (χ0n) is 14.3. The summed E-state index contributed by atoms with van der Waals surface area (Å²) in [6.45, 7) is 4.70. The molecule has 1 aliphatic heterocycles. The maximum absolute atomic E-state index is 13.0. The predicted molar refractivity (Wildman–Crippen MR) is 86.5 cm³/mol. The molecule has 1 aliphatic rings. The second-order valence-electron chi connectivity index (χ2n) is 6.33. The molecule has 2 aromatic heterocycles. The van der Waals surface area contributed by atoms with E-state index in [9.17, 15) is 4.79 Å². The van der Waals surface area contributed by atoms with Gasteiger partial charge in [-0.15, -0.1) is 0 Å². The van der Waals surface area contributed by atoms with Crippen LogP contribution in [0.25, 0.3) is 0 Å². The number of hydrogen-bond donors (Lipinski definition) is 0. The topological polar surface area (TPSA) is 67.4 Å². The first-order valence-corrected chi connectivity index (χ1v) is 7.85. The van der Waals surface area contributed by atoms with Gasteiger partial charge in [-0.05, 0) is 37.9 Å². The number of amides is 1. The number of hydrogen-bond acceptors (Lipinski definition) is 5. The van der Waals surface area contributed by atoms with Gasteiger partial charge in [0.25, 0.3) is 17.7 Å². The van der Waals surface area contributed by atoms with Crippen LogP contribution >= 0.6 is 0 Å². The third kappa shape index (κ3) is 2.60. The average molecular weight is 317 g/mol. The van der Waals surface area contributed by atoms with Gasteiger partial charge in [-0.2, -0.15) is 4.98 Å². The summed E-state index contributed by atoms with van der Waals surface area (Å²) in [5.74, 6) is 1.09. The molecule has 1 atom stereocenters. The Morgan fingerprint density at radius 1 is 1.39 bits per heavy atom. The Labute approximate surface area is 135 Å². The summed E-state index contributed by atoms with van der Waals surface area (Å²) in [6, 6.07) is 1.81. The van der Waals surface area contributed by atoms with Crippen LogP contribution in [-0.2, 0) is 7.05 Å². The monoisotopic (exact) mass is 317 g/mol. The molecule has 7 nitrogen and oxygen atoms in total. The Morgan fingerprint density at radius 2 is 2.13 bits per heavy atom. The maximum atomic E-state index is 13.0. The van der Waals surface area contributed by atoms with Crippen molar-refractivity contribution in [1.82, 2.24) is 19.6 Å². The number of rotatable bonds is 3. The lowest BCUT2D eigenvalue weighted by Gasteiger charge is -2.21. The van der Waals surface area contributed by atoms with E-state index in [0.29, 0.717) is 11.8 Å². The molecule has 0 aromatic carbocycles. The van der Waals surface area contributed by atoms with Crippen molar-refractivity contribution >= 4 is 11.9 Å². The van der Waals surface area contributed by atoms with Gasteiger partial charge >= 0.3 is 0 Å². The second kappa shape index (κ2) is 5.72. The lowest BCUT2D eigenvalue weighted by molar-refractivity contribution is 0.0709. The summed E-state index contributed by atoms with van der Waals surface area (Å²) in [5.41, 5.74) is 2.82. The molecule has 0 N–H and O–H groups in total. The third-order valence-electron chi connectivity index (χ3n) is 4.64. The molecular formula is C16H23N5O2. The molecule has 23 heavy (non-hydrogen) atoms. The molecule has 1 fully saturated rings. The molecule has 2 aromatic rings. The number of aryl methyl sites for hydroxylation is 1. The molecule has 0 radical (unpaired) electrons. The van der Waals surface area contributed by atoms with Crippen LogP contribution in [-0.4, -0.2) is 46.2 Å². The first-order valence-electron chi connectivity index (χ1n) is 7.85. The van der Waals surface area contributed by atoms with Gasteiger partial charge in [0.05, 0.1) is 5.56 Å². The highest BCUT2D eigenvalue weighted by atomic mass is 16.5. The summed E-state index contributed by atoms with van der Waals surface area (Å²) < 4.78 is 7.42. The Hall–Kier alpha value is -2.31. The molecule has 1 unspecified atom stereocenters. The molecule has 3 heterocycles. The van der Waals surface area contributed by atoms with E-state index in [2.05, 4.69) is 10.1 Å². The Balaban J connectivity index is 1.88. The van der Waals surface area contributed by atoms with Crippen LogP contribution in [0.15, 0.2) is 10.6 Å². The fraction of sp³-hybridized carbons (Fsp3) is 0.562. The molecule has 0 saturated carbocycles. The van der Waals surface area contributed by atoms with E-state index in [1.165, 1.54) is 0 Å². The Morgan fingerprint density at radius 3 is 2.70 bits per heavy atom. The van der Waals surface area contributed by atoms with Crippen LogP contribution in [0.3, 0.4) is 0 Å². The normalized spacial score (nSPS) is 17.8. The van der Waals surface area contributed by atoms with Gasteiger partial charge in [0.1, 0.15) is 6.04 Å². The summed E-state index contributed by atoms with van der Waals surface area (Å²) in [6.07, 6.45) is 1.80. The Kier molecular flexibility index (Phi) is 3.87. The highest BCUT2D eigenvalue weighted by molar-refractivity contribution is 5.96. The molecule has 1 amide bonds. The second-order valence-corrected chi connectivity index (χ2v) is 6.33. The van der Waals surface area contributed by atoms with Crippen LogP contribution in [0.1, 0.15) is 46.5 Å². The van der Waals surface area contributed by atoms with Gasteiger partial charge in [0, 0.05) is 39.1 Å². The minimum atomic E-state index is -0.136. The zero-order valence-corrected chi connectivity index (χ0v) is 14.3. The Bertz CT molecular complexity index is 731. The van der Waals surface area contributed by atoms with Crippen LogP contribution in [0, 0.1) is 13.8 Å². The highest BCUT2D eigenvalue weighted by Crippen LogP contribution is 2.33. The number of likely N-dealkylation sites (tertiary alicyclic amines) is 1. The van der Waals surface area contributed by atoms with Crippen molar-refractivity contribution in [2.75, 3.05) is 25.5 Å². The lowest BCUT2D eigenvalue weighted by Crippen LogP contribution is -2.31. The maximum Gasteiger partial charge on any atom is 0.265 e. The molecule has 7 heteroatoms.